The molecule has 2 fully saturated rings. The van der Waals surface area contributed by atoms with Crippen LogP contribution in [0.15, 0.2) is 36.7 Å². The lowest BCUT2D eigenvalue weighted by Crippen LogP contribution is -2.56. The first-order valence-corrected chi connectivity index (χ1v) is 13.0. The number of β-amino-alcohol motifs (C(OH)–C–C–N with tert-alkyl or cyclic N) is 1. The molecule has 192 valence electrons. The molecule has 1 aromatic heterocycles. The summed E-state index contributed by atoms with van der Waals surface area (Å²) in [7, 11) is 2.00. The number of aromatic nitrogens is 2. The van der Waals surface area contributed by atoms with Crippen molar-refractivity contribution >= 4 is 18.0 Å². The minimum Gasteiger partial charge on any atom is -0.390 e. The van der Waals surface area contributed by atoms with Gasteiger partial charge >= 0.3 is 0 Å². The van der Waals surface area contributed by atoms with E-state index >= 15 is 0 Å². The Morgan fingerprint density at radius 2 is 1.89 bits per heavy atom. The number of likely N-dealkylation sites (tertiary alicyclic amines) is 2. The number of fused-ring (bicyclic) bond motifs is 1. The summed E-state index contributed by atoms with van der Waals surface area (Å²) in [5.74, 6) is 0.568. The van der Waals surface area contributed by atoms with Crippen LogP contribution in [0.5, 0.6) is 0 Å². The van der Waals surface area contributed by atoms with Crippen LogP contribution in [0, 0.1) is 0 Å². The van der Waals surface area contributed by atoms with Gasteiger partial charge in [0.05, 0.1) is 12.6 Å². The Balaban J connectivity index is 1.19. The van der Waals surface area contributed by atoms with Gasteiger partial charge < -0.3 is 19.7 Å². The maximum absolute atomic E-state index is 13.3. The van der Waals surface area contributed by atoms with Crippen LogP contribution in [0.4, 0.5) is 5.82 Å². The lowest BCUT2D eigenvalue weighted by molar-refractivity contribution is -0.109. The van der Waals surface area contributed by atoms with Gasteiger partial charge in [0.25, 0.3) is 5.91 Å². The standard InChI is InChI=1S/C27H36N6O3/c1-30(22-7-10-31(11-8-22)14-15-34)26-16-23(28-19-29-26)27(36)33-13-9-24(25(35)18-33)32-12-6-20-4-2-3-5-21(20)17-32/h2-5,15-16,19,22,24-25,35H,6-14,17-18H2,1H3. The van der Waals surface area contributed by atoms with Crippen LogP contribution < -0.4 is 4.90 Å². The number of anilines is 1. The molecule has 2 unspecified atom stereocenters. The molecular formula is C27H36N6O3. The summed E-state index contributed by atoms with van der Waals surface area (Å²) >= 11 is 0. The Morgan fingerprint density at radius 1 is 1.11 bits per heavy atom. The number of carbonyl (C=O) groups excluding carboxylic acids is 2. The number of nitrogens with zero attached hydrogens (tertiary/aromatic N) is 6. The second-order valence-electron chi connectivity index (χ2n) is 10.2. The summed E-state index contributed by atoms with van der Waals surface area (Å²) in [6.45, 7) is 4.93. The van der Waals surface area contributed by atoms with Crippen LogP contribution in [0.1, 0.15) is 40.9 Å². The summed E-state index contributed by atoms with van der Waals surface area (Å²) in [5.41, 5.74) is 3.09. The number of piperidine rings is 2. The zero-order chi connectivity index (χ0) is 25.1. The second kappa shape index (κ2) is 11.0. The predicted octanol–water partition coefficient (Wildman–Crippen LogP) is 1.21. The lowest BCUT2D eigenvalue weighted by atomic mass is 9.94. The molecule has 2 saturated heterocycles. The van der Waals surface area contributed by atoms with E-state index in [1.807, 2.05) is 7.05 Å². The van der Waals surface area contributed by atoms with Crippen molar-refractivity contribution in [2.75, 3.05) is 51.2 Å². The summed E-state index contributed by atoms with van der Waals surface area (Å²) in [5, 5.41) is 11.0. The molecule has 1 aromatic carbocycles. The molecule has 2 atom stereocenters. The van der Waals surface area contributed by atoms with Gasteiger partial charge in [0.15, 0.2) is 0 Å². The number of aldehydes is 1. The van der Waals surface area contributed by atoms with Crippen LogP contribution >= 0.6 is 0 Å². The van der Waals surface area contributed by atoms with Gasteiger partial charge in [0.2, 0.25) is 0 Å². The predicted molar refractivity (Wildman–Crippen MR) is 137 cm³/mol. The topological polar surface area (TPSA) is 93.1 Å². The fourth-order valence-electron chi connectivity index (χ4n) is 5.93. The molecule has 0 saturated carbocycles. The first kappa shape index (κ1) is 24.8. The van der Waals surface area contributed by atoms with Crippen molar-refractivity contribution in [2.24, 2.45) is 0 Å². The van der Waals surface area contributed by atoms with E-state index in [2.05, 4.69) is 48.9 Å². The molecular weight excluding hydrogens is 456 g/mol. The maximum Gasteiger partial charge on any atom is 0.272 e. The molecule has 36 heavy (non-hydrogen) atoms. The van der Waals surface area contributed by atoms with E-state index in [1.54, 1.807) is 11.0 Å². The number of rotatable bonds is 6. The summed E-state index contributed by atoms with van der Waals surface area (Å²) in [6.07, 6.45) is 5.44. The minimum absolute atomic E-state index is 0.0552. The molecule has 3 aliphatic heterocycles. The van der Waals surface area contributed by atoms with Crippen molar-refractivity contribution in [3.05, 3.63) is 53.5 Å². The largest absolute Gasteiger partial charge is 0.390 e. The van der Waals surface area contributed by atoms with E-state index in [0.717, 1.165) is 64.0 Å². The number of hydrogen-bond donors (Lipinski definition) is 1. The van der Waals surface area contributed by atoms with E-state index in [0.29, 0.717) is 31.4 Å². The molecule has 4 heterocycles. The third-order valence-electron chi connectivity index (χ3n) is 8.13. The summed E-state index contributed by atoms with van der Waals surface area (Å²) in [6, 6.07) is 10.6. The van der Waals surface area contributed by atoms with Gasteiger partial charge in [-0.2, -0.15) is 0 Å². The molecule has 0 bridgehead atoms. The quantitative estimate of drug-likeness (QED) is 0.602. The first-order chi connectivity index (χ1) is 17.5. The molecule has 0 aliphatic carbocycles. The molecule has 1 N–H and O–H groups in total. The van der Waals surface area contributed by atoms with Gasteiger partial charge in [0.1, 0.15) is 24.1 Å². The molecule has 3 aliphatic rings. The van der Waals surface area contributed by atoms with E-state index in [-0.39, 0.29) is 11.9 Å². The van der Waals surface area contributed by atoms with E-state index in [1.165, 1.54) is 17.5 Å². The zero-order valence-corrected chi connectivity index (χ0v) is 21.0. The number of hydrogen-bond acceptors (Lipinski definition) is 8. The lowest BCUT2D eigenvalue weighted by Gasteiger charge is -2.43. The highest BCUT2D eigenvalue weighted by Gasteiger charge is 2.36. The molecule has 5 rings (SSSR count). The van der Waals surface area contributed by atoms with Crippen LogP contribution in [0.2, 0.25) is 0 Å². The minimum atomic E-state index is -0.589. The number of aliphatic hydroxyl groups is 1. The van der Waals surface area contributed by atoms with Crippen molar-refractivity contribution in [2.45, 2.75) is 50.4 Å². The van der Waals surface area contributed by atoms with E-state index in [4.69, 9.17) is 0 Å². The monoisotopic (exact) mass is 492 g/mol. The third kappa shape index (κ3) is 5.28. The van der Waals surface area contributed by atoms with Gasteiger partial charge in [-0.3, -0.25) is 14.6 Å². The Morgan fingerprint density at radius 3 is 2.64 bits per heavy atom. The number of amides is 1. The van der Waals surface area contributed by atoms with Gasteiger partial charge in [-0.1, -0.05) is 24.3 Å². The van der Waals surface area contributed by atoms with Crippen molar-refractivity contribution in [1.82, 2.24) is 24.7 Å². The Kier molecular flexibility index (Phi) is 7.59. The van der Waals surface area contributed by atoms with Crippen molar-refractivity contribution in [1.29, 1.82) is 0 Å². The SMILES string of the molecule is CN(c1cc(C(=O)N2CCC(N3CCc4ccccc4C3)C(O)C2)ncn1)C1CCN(CC=O)CC1. The Hall–Kier alpha value is -2.88. The Labute approximate surface area is 212 Å². The molecule has 1 amide bonds. The average molecular weight is 493 g/mol. The van der Waals surface area contributed by atoms with Crippen molar-refractivity contribution in [3.63, 3.8) is 0 Å². The van der Waals surface area contributed by atoms with E-state index < -0.39 is 6.10 Å². The normalized spacial score (nSPS) is 23.8. The average Bonchev–Trinajstić information content (AvgIpc) is 2.92. The van der Waals surface area contributed by atoms with Crippen molar-refractivity contribution < 1.29 is 14.7 Å². The number of aliphatic hydroxyl groups excluding tert-OH is 1. The van der Waals surface area contributed by atoms with Crippen molar-refractivity contribution in [3.8, 4) is 0 Å². The molecule has 9 heteroatoms. The third-order valence-corrected chi connectivity index (χ3v) is 8.13. The molecule has 0 radical (unpaired) electrons. The van der Waals surface area contributed by atoms with Crippen LogP contribution in [-0.4, -0.2) is 106 Å². The fraction of sp³-hybridized carbons (Fsp3) is 0.556. The fourth-order valence-corrected chi connectivity index (χ4v) is 5.93. The van der Waals surface area contributed by atoms with Gasteiger partial charge in [-0.25, -0.2) is 9.97 Å². The van der Waals surface area contributed by atoms with Crippen LogP contribution in [0.25, 0.3) is 0 Å². The highest BCUT2D eigenvalue weighted by atomic mass is 16.3. The Bertz CT molecular complexity index is 1070. The highest BCUT2D eigenvalue weighted by Crippen LogP contribution is 2.26. The van der Waals surface area contributed by atoms with E-state index in [9.17, 15) is 14.7 Å². The molecule has 2 aromatic rings. The molecule has 0 spiro atoms. The smallest absolute Gasteiger partial charge is 0.272 e. The van der Waals surface area contributed by atoms with Gasteiger partial charge in [-0.05, 0) is 36.8 Å². The second-order valence-corrected chi connectivity index (χ2v) is 10.2. The highest BCUT2D eigenvalue weighted by molar-refractivity contribution is 5.93. The van der Waals surface area contributed by atoms with Gasteiger partial charge in [-0.15, -0.1) is 0 Å². The first-order valence-electron chi connectivity index (χ1n) is 13.0. The van der Waals surface area contributed by atoms with Gasteiger partial charge in [0, 0.05) is 64.5 Å². The maximum atomic E-state index is 13.3. The van der Waals surface area contributed by atoms with Crippen LogP contribution in [0.3, 0.4) is 0 Å². The number of carbonyl (C=O) groups is 2. The summed E-state index contributed by atoms with van der Waals surface area (Å²) < 4.78 is 0. The summed E-state index contributed by atoms with van der Waals surface area (Å²) in [4.78, 5) is 41.2. The molecule has 9 nitrogen and oxygen atoms in total. The van der Waals surface area contributed by atoms with Crippen LogP contribution in [-0.2, 0) is 17.8 Å². The zero-order valence-electron chi connectivity index (χ0n) is 21.0. The number of benzene rings is 1.